The molecule has 1 aliphatic rings. The van der Waals surface area contributed by atoms with Crippen molar-refractivity contribution in [1.29, 1.82) is 0 Å². The van der Waals surface area contributed by atoms with Crippen molar-refractivity contribution in [3.63, 3.8) is 0 Å². The Hall–Kier alpha value is -2.32. The van der Waals surface area contributed by atoms with Gasteiger partial charge in [0.2, 0.25) is 0 Å². The first kappa shape index (κ1) is 17.5. The van der Waals surface area contributed by atoms with Gasteiger partial charge in [-0.3, -0.25) is 10.1 Å². The van der Waals surface area contributed by atoms with Gasteiger partial charge in [0.15, 0.2) is 21.3 Å². The molecule has 0 bridgehead atoms. The van der Waals surface area contributed by atoms with Crippen molar-refractivity contribution in [1.82, 2.24) is 0 Å². The van der Waals surface area contributed by atoms with Crippen LogP contribution < -0.4 is 9.47 Å². The molecule has 0 aromatic heterocycles. The first-order valence-electron chi connectivity index (χ1n) is 7.42. The van der Waals surface area contributed by atoms with Crippen LogP contribution in [0.1, 0.15) is 12.0 Å². The Bertz CT molecular complexity index is 911. The predicted molar refractivity (Wildman–Crippen MR) is 91.0 cm³/mol. The molecule has 2 aromatic carbocycles. The van der Waals surface area contributed by atoms with Gasteiger partial charge in [-0.1, -0.05) is 11.6 Å². The lowest BCUT2D eigenvalue weighted by Crippen LogP contribution is -2.06. The summed E-state index contributed by atoms with van der Waals surface area (Å²) in [5, 5.41) is 11.0. The summed E-state index contributed by atoms with van der Waals surface area (Å²) in [4.78, 5) is 10.1. The van der Waals surface area contributed by atoms with Gasteiger partial charge in [-0.2, -0.15) is 0 Å². The molecule has 0 saturated heterocycles. The van der Waals surface area contributed by atoms with E-state index in [1.165, 1.54) is 18.2 Å². The molecule has 0 atom stereocenters. The fourth-order valence-corrected chi connectivity index (χ4v) is 4.06. The highest BCUT2D eigenvalue weighted by atomic mass is 35.5. The Labute approximate surface area is 149 Å². The first-order chi connectivity index (χ1) is 11.9. The van der Waals surface area contributed by atoms with Crippen LogP contribution in [0.4, 0.5) is 5.69 Å². The number of nitro benzene ring substituents is 1. The number of nitrogens with zero attached hydrogens (tertiary/aromatic N) is 1. The largest absolute Gasteiger partial charge is 0.489 e. The summed E-state index contributed by atoms with van der Waals surface area (Å²) in [6, 6.07) is 7.88. The van der Waals surface area contributed by atoms with Crippen molar-refractivity contribution in [3.05, 3.63) is 57.1 Å². The van der Waals surface area contributed by atoms with E-state index in [4.69, 9.17) is 21.1 Å². The summed E-state index contributed by atoms with van der Waals surface area (Å²) in [5.41, 5.74) is 0.283. The lowest BCUT2D eigenvalue weighted by Gasteiger charge is -2.12. The van der Waals surface area contributed by atoms with E-state index in [2.05, 4.69) is 0 Å². The molecular weight excluding hydrogens is 370 g/mol. The van der Waals surface area contributed by atoms with Crippen molar-refractivity contribution in [2.24, 2.45) is 0 Å². The van der Waals surface area contributed by atoms with Gasteiger partial charge in [-0.25, -0.2) is 8.42 Å². The summed E-state index contributed by atoms with van der Waals surface area (Å²) in [5.74, 6) is 0.524. The van der Waals surface area contributed by atoms with Gasteiger partial charge in [-0.05, 0) is 29.8 Å². The highest BCUT2D eigenvalue weighted by Crippen LogP contribution is 2.38. The average Bonchev–Trinajstić information content (AvgIpc) is 2.80. The minimum atomic E-state index is -3.69. The van der Waals surface area contributed by atoms with Crippen molar-refractivity contribution >= 4 is 27.1 Å². The standard InChI is InChI=1S/C16H14ClNO6S/c17-14-8-11(9-15-16(14)24-7-1-6-23-15)10-25(21,22)13-4-2-12(3-5-13)18(19)20/h2-5,8-9H,1,6-7,10H2. The number of rotatable bonds is 4. The van der Waals surface area contributed by atoms with Crippen LogP contribution >= 0.6 is 11.6 Å². The minimum absolute atomic E-state index is 0.00123. The molecule has 0 amide bonds. The number of hydrogen-bond acceptors (Lipinski definition) is 6. The number of sulfone groups is 1. The fourth-order valence-electron chi connectivity index (χ4n) is 2.45. The number of nitro groups is 1. The van der Waals surface area contributed by atoms with E-state index >= 15 is 0 Å². The summed E-state index contributed by atoms with van der Waals surface area (Å²) in [6.07, 6.45) is 0.710. The van der Waals surface area contributed by atoms with E-state index in [1.807, 2.05) is 0 Å². The molecule has 1 aliphatic heterocycles. The van der Waals surface area contributed by atoms with Crippen molar-refractivity contribution in [3.8, 4) is 11.5 Å². The molecule has 132 valence electrons. The number of fused-ring (bicyclic) bond motifs is 1. The minimum Gasteiger partial charge on any atom is -0.489 e. The molecule has 25 heavy (non-hydrogen) atoms. The molecule has 0 spiro atoms. The van der Waals surface area contributed by atoms with Gasteiger partial charge in [0.05, 0.1) is 33.8 Å². The van der Waals surface area contributed by atoms with E-state index < -0.39 is 14.8 Å². The van der Waals surface area contributed by atoms with Crippen molar-refractivity contribution in [2.45, 2.75) is 17.1 Å². The topological polar surface area (TPSA) is 95.7 Å². The maximum Gasteiger partial charge on any atom is 0.269 e. The van der Waals surface area contributed by atoms with E-state index in [1.54, 1.807) is 6.07 Å². The van der Waals surface area contributed by atoms with Crippen LogP contribution in [0.15, 0.2) is 41.3 Å². The molecule has 9 heteroatoms. The van der Waals surface area contributed by atoms with Crippen LogP contribution in [-0.4, -0.2) is 26.6 Å². The maximum absolute atomic E-state index is 12.5. The van der Waals surface area contributed by atoms with E-state index in [0.29, 0.717) is 36.7 Å². The number of halogens is 1. The zero-order valence-corrected chi connectivity index (χ0v) is 14.5. The SMILES string of the molecule is O=[N+]([O-])c1ccc(S(=O)(=O)Cc2cc(Cl)c3c(c2)OCCCO3)cc1. The van der Waals surface area contributed by atoms with Crippen LogP contribution in [0.3, 0.4) is 0 Å². The predicted octanol–water partition coefficient (Wildman–Crippen LogP) is 3.38. The highest BCUT2D eigenvalue weighted by Gasteiger charge is 2.21. The van der Waals surface area contributed by atoms with Gasteiger partial charge in [0.1, 0.15) is 0 Å². The zero-order valence-electron chi connectivity index (χ0n) is 13.0. The lowest BCUT2D eigenvalue weighted by molar-refractivity contribution is -0.384. The second-order valence-corrected chi connectivity index (χ2v) is 7.86. The Balaban J connectivity index is 1.89. The summed E-state index contributed by atoms with van der Waals surface area (Å²) in [6.45, 7) is 0.940. The summed E-state index contributed by atoms with van der Waals surface area (Å²) < 4.78 is 36.2. The third-order valence-corrected chi connectivity index (χ3v) is 5.61. The molecule has 3 rings (SSSR count). The van der Waals surface area contributed by atoms with Gasteiger partial charge in [0.25, 0.3) is 5.69 Å². The fraction of sp³-hybridized carbons (Fsp3) is 0.250. The Morgan fingerprint density at radius 2 is 1.80 bits per heavy atom. The Morgan fingerprint density at radius 3 is 2.48 bits per heavy atom. The molecule has 0 unspecified atom stereocenters. The Kier molecular flexibility index (Phi) is 4.82. The zero-order chi connectivity index (χ0) is 18.0. The maximum atomic E-state index is 12.5. The van der Waals surface area contributed by atoms with Crippen molar-refractivity contribution < 1.29 is 22.8 Å². The smallest absolute Gasteiger partial charge is 0.269 e. The quantitative estimate of drug-likeness (QED) is 0.593. The van der Waals surface area contributed by atoms with E-state index in [9.17, 15) is 18.5 Å². The molecule has 2 aromatic rings. The molecule has 0 saturated carbocycles. The molecule has 0 fully saturated rings. The third-order valence-electron chi connectivity index (χ3n) is 3.63. The van der Waals surface area contributed by atoms with E-state index in [-0.39, 0.29) is 21.4 Å². The van der Waals surface area contributed by atoms with E-state index in [0.717, 1.165) is 12.1 Å². The van der Waals surface area contributed by atoms with Crippen LogP contribution in [0.5, 0.6) is 11.5 Å². The Morgan fingerprint density at radius 1 is 1.12 bits per heavy atom. The van der Waals surface area contributed by atoms with Crippen LogP contribution in [-0.2, 0) is 15.6 Å². The normalized spacial score (nSPS) is 14.0. The van der Waals surface area contributed by atoms with Crippen LogP contribution in [0.2, 0.25) is 5.02 Å². The molecule has 0 radical (unpaired) electrons. The molecule has 7 nitrogen and oxygen atoms in total. The number of ether oxygens (including phenoxy) is 2. The second kappa shape index (κ2) is 6.89. The van der Waals surface area contributed by atoms with Gasteiger partial charge in [-0.15, -0.1) is 0 Å². The van der Waals surface area contributed by atoms with Gasteiger partial charge in [0, 0.05) is 18.6 Å². The number of benzene rings is 2. The van der Waals surface area contributed by atoms with Gasteiger partial charge >= 0.3 is 0 Å². The third kappa shape index (κ3) is 3.85. The average molecular weight is 384 g/mol. The summed E-state index contributed by atoms with van der Waals surface area (Å²) >= 11 is 6.18. The number of hydrogen-bond donors (Lipinski definition) is 0. The molecular formula is C16H14ClNO6S. The first-order valence-corrected chi connectivity index (χ1v) is 9.45. The number of non-ortho nitro benzene ring substituents is 1. The van der Waals surface area contributed by atoms with Crippen LogP contribution in [0, 0.1) is 10.1 Å². The molecule has 1 heterocycles. The van der Waals surface area contributed by atoms with Crippen LogP contribution in [0.25, 0.3) is 0 Å². The second-order valence-electron chi connectivity index (χ2n) is 5.47. The molecule has 0 N–H and O–H groups in total. The monoisotopic (exact) mass is 383 g/mol. The van der Waals surface area contributed by atoms with Gasteiger partial charge < -0.3 is 9.47 Å². The summed E-state index contributed by atoms with van der Waals surface area (Å²) in [7, 11) is -3.69. The molecule has 0 aliphatic carbocycles. The highest BCUT2D eigenvalue weighted by molar-refractivity contribution is 7.90. The lowest BCUT2D eigenvalue weighted by atomic mass is 10.2. The van der Waals surface area contributed by atoms with Crippen molar-refractivity contribution in [2.75, 3.05) is 13.2 Å².